The third-order valence-corrected chi connectivity index (χ3v) is 4.42. The fourth-order valence-electron chi connectivity index (χ4n) is 2.83. The number of nitrogens with zero attached hydrogens (tertiary/aromatic N) is 2. The molecule has 29 heavy (non-hydrogen) atoms. The van der Waals surface area contributed by atoms with E-state index in [0.717, 1.165) is 16.8 Å². The Balaban J connectivity index is 1.76. The number of nitrogens with one attached hydrogen (secondary N) is 2. The predicted octanol–water partition coefficient (Wildman–Crippen LogP) is 2.36. The van der Waals surface area contributed by atoms with E-state index in [-0.39, 0.29) is 18.4 Å². The van der Waals surface area contributed by atoms with Crippen LogP contribution in [0, 0.1) is 0 Å². The van der Waals surface area contributed by atoms with Crippen LogP contribution in [0.3, 0.4) is 0 Å². The molecule has 0 aliphatic heterocycles. The van der Waals surface area contributed by atoms with Crippen LogP contribution in [0.5, 0.6) is 0 Å². The van der Waals surface area contributed by atoms with E-state index in [1.165, 1.54) is 0 Å². The lowest BCUT2D eigenvalue weighted by molar-refractivity contribution is -0.128. The lowest BCUT2D eigenvalue weighted by Crippen LogP contribution is -2.32. The van der Waals surface area contributed by atoms with E-state index in [1.807, 2.05) is 24.3 Å². The number of carbonyl (C=O) groups excluding carboxylic acids is 2. The smallest absolute Gasteiger partial charge is 0.299 e. The van der Waals surface area contributed by atoms with Gasteiger partial charge in [0.25, 0.3) is 11.9 Å². The summed E-state index contributed by atoms with van der Waals surface area (Å²) in [7, 11) is 3.30. The van der Waals surface area contributed by atoms with Gasteiger partial charge in [-0.2, -0.15) is 0 Å². The van der Waals surface area contributed by atoms with Crippen molar-refractivity contribution in [3.63, 3.8) is 0 Å². The molecule has 2 amide bonds. The number of hydrogen-bond donors (Lipinski definition) is 3. The van der Waals surface area contributed by atoms with Gasteiger partial charge in [-0.25, -0.2) is 4.98 Å². The Kier molecular flexibility index (Phi) is 6.25. The Morgan fingerprint density at radius 2 is 1.86 bits per heavy atom. The minimum Gasteiger partial charge on any atom is -0.423 e. The van der Waals surface area contributed by atoms with Crippen LogP contribution >= 0.6 is 0 Å². The zero-order chi connectivity index (χ0) is 20.8. The number of anilines is 2. The van der Waals surface area contributed by atoms with Crippen molar-refractivity contribution in [1.82, 2.24) is 15.2 Å². The number of benzene rings is 2. The van der Waals surface area contributed by atoms with E-state index in [0.29, 0.717) is 23.9 Å². The van der Waals surface area contributed by atoms with Crippen LogP contribution in [0.25, 0.3) is 11.3 Å². The second-order valence-corrected chi connectivity index (χ2v) is 6.42. The molecule has 4 N–H and O–H groups in total. The van der Waals surface area contributed by atoms with Gasteiger partial charge in [-0.3, -0.25) is 9.59 Å². The summed E-state index contributed by atoms with van der Waals surface area (Å²) in [6, 6.07) is 15.0. The van der Waals surface area contributed by atoms with Gasteiger partial charge in [0.15, 0.2) is 5.76 Å². The number of aromatic nitrogens is 1. The molecule has 0 saturated heterocycles. The molecular weight excluding hydrogens is 370 g/mol. The molecule has 0 aliphatic rings. The SMILES string of the molecule is CNC(=O)c1ccc(Nc2ncc(-c3ccccc3CN(C)C(=O)CN)o2)cc1. The largest absolute Gasteiger partial charge is 0.423 e. The standard InChI is InChI=1S/C21H23N5O3/c1-23-20(28)14-7-9-16(10-8-14)25-21-24-12-18(29-21)17-6-4-3-5-15(17)13-26(2)19(27)11-22/h3-10,12H,11,13,22H2,1-2H3,(H,23,28)(H,24,25). The molecule has 3 aromatic rings. The van der Waals surface area contributed by atoms with Crippen LogP contribution < -0.4 is 16.4 Å². The number of likely N-dealkylation sites (N-methyl/N-ethyl adjacent to an activating group) is 1. The highest BCUT2D eigenvalue weighted by atomic mass is 16.4. The molecule has 150 valence electrons. The Morgan fingerprint density at radius 3 is 2.55 bits per heavy atom. The highest BCUT2D eigenvalue weighted by Crippen LogP contribution is 2.28. The Bertz CT molecular complexity index is 998. The monoisotopic (exact) mass is 393 g/mol. The van der Waals surface area contributed by atoms with Gasteiger partial charge in [0.1, 0.15) is 0 Å². The van der Waals surface area contributed by atoms with E-state index in [1.54, 1.807) is 49.5 Å². The third-order valence-electron chi connectivity index (χ3n) is 4.42. The summed E-state index contributed by atoms with van der Waals surface area (Å²) < 4.78 is 5.85. The molecule has 0 bridgehead atoms. The first-order chi connectivity index (χ1) is 14.0. The number of amides is 2. The summed E-state index contributed by atoms with van der Waals surface area (Å²) >= 11 is 0. The zero-order valence-corrected chi connectivity index (χ0v) is 16.3. The quantitative estimate of drug-likeness (QED) is 0.568. The Labute approximate surface area is 168 Å². The molecule has 8 nitrogen and oxygen atoms in total. The maximum absolute atomic E-state index is 11.8. The lowest BCUT2D eigenvalue weighted by Gasteiger charge is -2.17. The van der Waals surface area contributed by atoms with Crippen molar-refractivity contribution in [2.75, 3.05) is 26.0 Å². The lowest BCUT2D eigenvalue weighted by atomic mass is 10.1. The fraction of sp³-hybridized carbons (Fsp3) is 0.190. The first kappa shape index (κ1) is 20.1. The minimum atomic E-state index is -0.148. The maximum atomic E-state index is 11.8. The van der Waals surface area contributed by atoms with Crippen molar-refractivity contribution in [3.05, 3.63) is 65.9 Å². The molecule has 0 fully saturated rings. The van der Waals surface area contributed by atoms with E-state index in [9.17, 15) is 9.59 Å². The van der Waals surface area contributed by atoms with Crippen LogP contribution in [0.2, 0.25) is 0 Å². The molecule has 0 saturated carbocycles. The fourth-order valence-corrected chi connectivity index (χ4v) is 2.83. The van der Waals surface area contributed by atoms with E-state index >= 15 is 0 Å². The van der Waals surface area contributed by atoms with Gasteiger partial charge in [0.2, 0.25) is 5.91 Å². The Hall–Kier alpha value is -3.65. The van der Waals surface area contributed by atoms with Crippen molar-refractivity contribution >= 4 is 23.5 Å². The maximum Gasteiger partial charge on any atom is 0.299 e. The first-order valence-electron chi connectivity index (χ1n) is 9.09. The molecule has 1 aromatic heterocycles. The minimum absolute atomic E-state index is 0.0340. The summed E-state index contributed by atoms with van der Waals surface area (Å²) in [5.41, 5.74) is 8.52. The molecule has 0 radical (unpaired) electrons. The summed E-state index contributed by atoms with van der Waals surface area (Å²) in [4.78, 5) is 29.3. The average molecular weight is 393 g/mol. The highest BCUT2D eigenvalue weighted by molar-refractivity contribution is 5.94. The molecule has 0 aliphatic carbocycles. The highest BCUT2D eigenvalue weighted by Gasteiger charge is 2.14. The zero-order valence-electron chi connectivity index (χ0n) is 16.3. The van der Waals surface area contributed by atoms with Crippen molar-refractivity contribution in [2.45, 2.75) is 6.54 Å². The van der Waals surface area contributed by atoms with Crippen molar-refractivity contribution in [1.29, 1.82) is 0 Å². The molecule has 0 unspecified atom stereocenters. The summed E-state index contributed by atoms with van der Waals surface area (Å²) in [6.45, 7) is 0.379. The topological polar surface area (TPSA) is 113 Å². The molecule has 1 heterocycles. The van der Waals surface area contributed by atoms with Crippen LogP contribution in [0.15, 0.2) is 59.1 Å². The molecule has 2 aromatic carbocycles. The van der Waals surface area contributed by atoms with Gasteiger partial charge in [0.05, 0.1) is 12.7 Å². The van der Waals surface area contributed by atoms with E-state index < -0.39 is 0 Å². The van der Waals surface area contributed by atoms with E-state index in [4.69, 9.17) is 10.2 Å². The Morgan fingerprint density at radius 1 is 1.14 bits per heavy atom. The summed E-state index contributed by atoms with van der Waals surface area (Å²) in [6.07, 6.45) is 1.63. The first-order valence-corrected chi connectivity index (χ1v) is 9.09. The van der Waals surface area contributed by atoms with Crippen LogP contribution in [-0.2, 0) is 11.3 Å². The van der Waals surface area contributed by atoms with Gasteiger partial charge in [0, 0.05) is 37.5 Å². The number of carbonyl (C=O) groups is 2. The van der Waals surface area contributed by atoms with Crippen LogP contribution in [0.1, 0.15) is 15.9 Å². The molecule has 0 spiro atoms. The number of hydrogen-bond acceptors (Lipinski definition) is 6. The normalized spacial score (nSPS) is 10.4. The van der Waals surface area contributed by atoms with Gasteiger partial charge in [-0.1, -0.05) is 24.3 Å². The van der Waals surface area contributed by atoms with Gasteiger partial charge in [-0.15, -0.1) is 0 Å². The van der Waals surface area contributed by atoms with Crippen molar-refractivity contribution in [2.24, 2.45) is 5.73 Å². The number of nitrogens with two attached hydrogens (primary N) is 1. The van der Waals surface area contributed by atoms with Crippen LogP contribution in [0.4, 0.5) is 11.7 Å². The number of rotatable bonds is 7. The van der Waals surface area contributed by atoms with Gasteiger partial charge >= 0.3 is 0 Å². The molecule has 8 heteroatoms. The second kappa shape index (κ2) is 9.03. The van der Waals surface area contributed by atoms with Gasteiger partial charge < -0.3 is 25.7 Å². The average Bonchev–Trinajstić information content (AvgIpc) is 3.21. The third kappa shape index (κ3) is 4.80. The van der Waals surface area contributed by atoms with Crippen LogP contribution in [-0.4, -0.2) is 42.3 Å². The van der Waals surface area contributed by atoms with Gasteiger partial charge in [-0.05, 0) is 29.8 Å². The van der Waals surface area contributed by atoms with Crippen molar-refractivity contribution in [3.8, 4) is 11.3 Å². The second-order valence-electron chi connectivity index (χ2n) is 6.42. The molecule has 0 atom stereocenters. The van der Waals surface area contributed by atoms with Crippen molar-refractivity contribution < 1.29 is 14.0 Å². The molecule has 3 rings (SSSR count). The van der Waals surface area contributed by atoms with E-state index in [2.05, 4.69) is 15.6 Å². The number of oxazole rings is 1. The molecular formula is C21H23N5O3. The predicted molar refractivity (Wildman–Crippen MR) is 111 cm³/mol. The summed E-state index contributed by atoms with van der Waals surface area (Å²) in [5, 5.41) is 5.65. The summed E-state index contributed by atoms with van der Waals surface area (Å²) in [5.74, 6) is 0.295.